The summed E-state index contributed by atoms with van der Waals surface area (Å²) in [5, 5.41) is 9.19. The molecule has 0 spiro atoms. The summed E-state index contributed by atoms with van der Waals surface area (Å²) in [6.45, 7) is 3.67. The Morgan fingerprint density at radius 2 is 1.90 bits per heavy atom. The molecule has 1 aromatic carbocycles. The average molecular weight is 282 g/mol. The lowest BCUT2D eigenvalue weighted by Gasteiger charge is -2.09. The first kappa shape index (κ1) is 14.5. The van der Waals surface area contributed by atoms with Crippen molar-refractivity contribution in [2.24, 2.45) is 0 Å². The molecule has 106 valence electrons. The molecule has 0 atom stereocenters. The normalized spacial score (nSPS) is 9.81. The molecule has 0 saturated carbocycles. The van der Waals surface area contributed by atoms with E-state index in [2.05, 4.69) is 15.8 Å². The van der Waals surface area contributed by atoms with E-state index in [4.69, 9.17) is 4.74 Å². The average Bonchev–Trinajstić information content (AvgIpc) is 2.47. The number of aryl methyl sites for hydroxylation is 2. The predicted octanol–water partition coefficient (Wildman–Crippen LogP) is 3.15. The molecule has 0 radical (unpaired) electrons. The highest BCUT2D eigenvalue weighted by molar-refractivity contribution is 5.89. The predicted molar refractivity (Wildman–Crippen MR) is 76.3 cm³/mol. The monoisotopic (exact) mass is 282 g/mol. The number of carbonyl (C=O) groups excluding carboxylic acids is 1. The summed E-state index contributed by atoms with van der Waals surface area (Å²) >= 11 is 0. The zero-order valence-corrected chi connectivity index (χ0v) is 12.0. The lowest BCUT2D eigenvalue weighted by atomic mass is 10.1. The summed E-state index contributed by atoms with van der Waals surface area (Å²) < 4.78 is 10.3. The summed E-state index contributed by atoms with van der Waals surface area (Å²) in [4.78, 5) is 15.6. The molecule has 2 rings (SSSR count). The van der Waals surface area contributed by atoms with Gasteiger partial charge in [-0.15, -0.1) is 0 Å². The highest BCUT2D eigenvalue weighted by atomic mass is 16.5. The van der Waals surface area contributed by atoms with E-state index in [9.17, 15) is 10.1 Å². The summed E-state index contributed by atoms with van der Waals surface area (Å²) in [6.07, 6.45) is 0. The summed E-state index contributed by atoms with van der Waals surface area (Å²) in [5.74, 6) is 0.348. The number of methoxy groups -OCH3 is 1. The van der Waals surface area contributed by atoms with E-state index in [1.54, 1.807) is 24.3 Å². The van der Waals surface area contributed by atoms with Crippen LogP contribution in [0, 0.1) is 25.2 Å². The smallest absolute Gasteiger partial charge is 0.337 e. The van der Waals surface area contributed by atoms with Crippen LogP contribution in [-0.4, -0.2) is 18.1 Å². The highest BCUT2D eigenvalue weighted by Gasteiger charge is 2.11. The second kappa shape index (κ2) is 6.06. The van der Waals surface area contributed by atoms with Crippen LogP contribution in [0.15, 0.2) is 30.3 Å². The maximum absolute atomic E-state index is 11.4. The summed E-state index contributed by atoms with van der Waals surface area (Å²) in [5.41, 5.74) is 2.41. The van der Waals surface area contributed by atoms with Gasteiger partial charge in [0.25, 0.3) is 0 Å². The summed E-state index contributed by atoms with van der Waals surface area (Å²) in [7, 11) is 1.32. The molecule has 5 nitrogen and oxygen atoms in total. The van der Waals surface area contributed by atoms with Gasteiger partial charge in [-0.1, -0.05) is 0 Å². The number of benzene rings is 1. The number of hydrogen-bond acceptors (Lipinski definition) is 5. The molecule has 0 bridgehead atoms. The van der Waals surface area contributed by atoms with Crippen molar-refractivity contribution in [3.05, 3.63) is 52.7 Å². The SMILES string of the molecule is COC(=O)c1ccc(Oc2nc(C)cc(C)c2C#N)cc1. The van der Waals surface area contributed by atoms with Crippen molar-refractivity contribution < 1.29 is 14.3 Å². The third kappa shape index (κ3) is 3.18. The Hall–Kier alpha value is -2.87. The van der Waals surface area contributed by atoms with Gasteiger partial charge in [0.15, 0.2) is 0 Å². The Morgan fingerprint density at radius 3 is 2.48 bits per heavy atom. The van der Waals surface area contributed by atoms with Gasteiger partial charge in [-0.05, 0) is 49.7 Å². The lowest BCUT2D eigenvalue weighted by molar-refractivity contribution is 0.0600. The topological polar surface area (TPSA) is 72.2 Å². The van der Waals surface area contributed by atoms with Crippen LogP contribution in [0.25, 0.3) is 0 Å². The highest BCUT2D eigenvalue weighted by Crippen LogP contribution is 2.26. The van der Waals surface area contributed by atoms with Crippen LogP contribution >= 0.6 is 0 Å². The van der Waals surface area contributed by atoms with Gasteiger partial charge in [-0.25, -0.2) is 9.78 Å². The van der Waals surface area contributed by atoms with Gasteiger partial charge >= 0.3 is 5.97 Å². The number of pyridine rings is 1. The Bertz CT molecular complexity index is 716. The van der Waals surface area contributed by atoms with Gasteiger partial charge in [-0.3, -0.25) is 0 Å². The van der Waals surface area contributed by atoms with Crippen molar-refractivity contribution in [2.75, 3.05) is 7.11 Å². The van der Waals surface area contributed by atoms with Gasteiger partial charge in [-0.2, -0.15) is 5.26 Å². The van der Waals surface area contributed by atoms with E-state index in [-0.39, 0.29) is 5.88 Å². The van der Waals surface area contributed by atoms with Gasteiger partial charge in [0, 0.05) is 5.69 Å². The molecule has 2 aromatic rings. The van der Waals surface area contributed by atoms with E-state index in [1.807, 2.05) is 19.9 Å². The van der Waals surface area contributed by atoms with E-state index >= 15 is 0 Å². The third-order valence-electron chi connectivity index (χ3n) is 2.91. The first-order valence-corrected chi connectivity index (χ1v) is 6.29. The van der Waals surface area contributed by atoms with Gasteiger partial charge < -0.3 is 9.47 Å². The zero-order chi connectivity index (χ0) is 15.4. The minimum atomic E-state index is -0.413. The number of hydrogen-bond donors (Lipinski definition) is 0. The Balaban J connectivity index is 2.31. The van der Waals surface area contributed by atoms with Crippen LogP contribution in [0.2, 0.25) is 0 Å². The van der Waals surface area contributed by atoms with Crippen molar-refractivity contribution in [2.45, 2.75) is 13.8 Å². The van der Waals surface area contributed by atoms with Crippen LogP contribution in [0.5, 0.6) is 11.6 Å². The second-order valence-electron chi connectivity index (χ2n) is 4.49. The zero-order valence-electron chi connectivity index (χ0n) is 12.0. The molecule has 0 N–H and O–H groups in total. The largest absolute Gasteiger partial charge is 0.465 e. The Morgan fingerprint density at radius 1 is 1.24 bits per heavy atom. The van der Waals surface area contributed by atoms with Crippen LogP contribution in [0.1, 0.15) is 27.2 Å². The Labute approximate surface area is 122 Å². The van der Waals surface area contributed by atoms with Crippen molar-refractivity contribution >= 4 is 5.97 Å². The molecule has 21 heavy (non-hydrogen) atoms. The van der Waals surface area contributed by atoms with Crippen LogP contribution in [0.4, 0.5) is 0 Å². The van der Waals surface area contributed by atoms with E-state index in [0.717, 1.165) is 11.3 Å². The lowest BCUT2D eigenvalue weighted by Crippen LogP contribution is -2.01. The first-order valence-electron chi connectivity index (χ1n) is 6.29. The number of carbonyl (C=O) groups is 1. The minimum Gasteiger partial charge on any atom is -0.465 e. The van der Waals surface area contributed by atoms with Crippen LogP contribution in [-0.2, 0) is 4.74 Å². The number of nitriles is 1. The molecule has 0 fully saturated rings. The van der Waals surface area contributed by atoms with E-state index in [1.165, 1.54) is 7.11 Å². The van der Waals surface area contributed by atoms with Gasteiger partial charge in [0.2, 0.25) is 5.88 Å². The molecule has 1 aromatic heterocycles. The fraction of sp³-hybridized carbons (Fsp3) is 0.188. The molecule has 0 unspecified atom stereocenters. The van der Waals surface area contributed by atoms with Crippen molar-refractivity contribution in [3.8, 4) is 17.7 Å². The molecule has 1 heterocycles. The molecule has 0 amide bonds. The van der Waals surface area contributed by atoms with E-state index in [0.29, 0.717) is 16.9 Å². The molecular formula is C16H14N2O3. The first-order chi connectivity index (χ1) is 10.0. The third-order valence-corrected chi connectivity index (χ3v) is 2.91. The fourth-order valence-corrected chi connectivity index (χ4v) is 1.90. The maximum Gasteiger partial charge on any atom is 0.337 e. The number of esters is 1. The van der Waals surface area contributed by atoms with Gasteiger partial charge in [0.05, 0.1) is 12.7 Å². The molecule has 0 saturated heterocycles. The quantitative estimate of drug-likeness (QED) is 0.808. The molecule has 5 heteroatoms. The second-order valence-corrected chi connectivity index (χ2v) is 4.49. The van der Waals surface area contributed by atoms with Crippen molar-refractivity contribution in [1.29, 1.82) is 5.26 Å². The van der Waals surface area contributed by atoms with Crippen LogP contribution in [0.3, 0.4) is 0 Å². The van der Waals surface area contributed by atoms with Crippen molar-refractivity contribution in [3.63, 3.8) is 0 Å². The molecular weight excluding hydrogens is 268 g/mol. The number of rotatable bonds is 3. The molecule has 0 aliphatic heterocycles. The number of nitrogens with zero attached hydrogens (tertiary/aromatic N) is 2. The standard InChI is InChI=1S/C16H14N2O3/c1-10-8-11(2)18-15(14(10)9-17)21-13-6-4-12(5-7-13)16(19)20-3/h4-8H,1-3H3. The number of aromatic nitrogens is 1. The Kier molecular flexibility index (Phi) is 4.19. The van der Waals surface area contributed by atoms with Crippen molar-refractivity contribution in [1.82, 2.24) is 4.98 Å². The minimum absolute atomic E-state index is 0.265. The number of ether oxygens (including phenoxy) is 2. The molecule has 0 aliphatic rings. The molecule has 0 aliphatic carbocycles. The maximum atomic E-state index is 11.4. The van der Waals surface area contributed by atoms with Gasteiger partial charge in [0.1, 0.15) is 17.4 Å². The van der Waals surface area contributed by atoms with E-state index < -0.39 is 5.97 Å². The van der Waals surface area contributed by atoms with Crippen LogP contribution < -0.4 is 4.74 Å². The fourth-order valence-electron chi connectivity index (χ4n) is 1.90. The summed E-state index contributed by atoms with van der Waals surface area (Å²) in [6, 6.07) is 10.4.